The van der Waals surface area contributed by atoms with E-state index in [2.05, 4.69) is 48.0 Å². The molecule has 80 valence electrons. The lowest BCUT2D eigenvalue weighted by Gasteiger charge is -1.98. The van der Waals surface area contributed by atoms with Crippen LogP contribution in [0.3, 0.4) is 0 Å². The molecule has 2 aromatic rings. The third-order valence-electron chi connectivity index (χ3n) is 2.51. The molecule has 1 heterocycles. The maximum atomic E-state index is 5.75. The highest BCUT2D eigenvalue weighted by molar-refractivity contribution is 9.09. The van der Waals surface area contributed by atoms with Gasteiger partial charge in [-0.25, -0.2) is 0 Å². The van der Waals surface area contributed by atoms with Crippen molar-refractivity contribution in [2.24, 2.45) is 0 Å². The number of hydrogen-bond acceptors (Lipinski definition) is 1. The molecule has 2 rings (SSSR count). The smallest absolute Gasteiger partial charge is 0.134 e. The minimum Gasteiger partial charge on any atom is -0.461 e. The van der Waals surface area contributed by atoms with Gasteiger partial charge < -0.3 is 4.42 Å². The number of furan rings is 1. The summed E-state index contributed by atoms with van der Waals surface area (Å²) >= 11 is 3.55. The van der Waals surface area contributed by atoms with Crippen molar-refractivity contribution in [2.75, 3.05) is 0 Å². The van der Waals surface area contributed by atoms with Crippen LogP contribution in [0.2, 0.25) is 0 Å². The maximum absolute atomic E-state index is 5.75. The molecule has 1 nitrogen and oxygen atoms in total. The van der Waals surface area contributed by atoms with E-state index in [1.54, 1.807) is 0 Å². The van der Waals surface area contributed by atoms with Crippen molar-refractivity contribution in [3.63, 3.8) is 0 Å². The largest absolute Gasteiger partial charge is 0.461 e. The Labute approximate surface area is 98.6 Å². The molecular weight excluding hydrogens is 252 g/mol. The zero-order chi connectivity index (χ0) is 10.8. The van der Waals surface area contributed by atoms with E-state index in [0.29, 0.717) is 4.83 Å². The standard InChI is InChI=1S/C13H15BrO/c1-9-3-6-13-11(7-9)8-12(15-13)5-4-10(2)14/h3,6-8,10H,4-5H2,1-2H3. The number of halogens is 1. The van der Waals surface area contributed by atoms with E-state index in [-0.39, 0.29) is 0 Å². The monoisotopic (exact) mass is 266 g/mol. The zero-order valence-electron chi connectivity index (χ0n) is 9.09. The van der Waals surface area contributed by atoms with Crippen molar-refractivity contribution in [1.29, 1.82) is 0 Å². The van der Waals surface area contributed by atoms with Crippen molar-refractivity contribution in [3.05, 3.63) is 35.6 Å². The fraction of sp³-hybridized carbons (Fsp3) is 0.385. The molecule has 2 heteroatoms. The summed E-state index contributed by atoms with van der Waals surface area (Å²) in [6.07, 6.45) is 2.11. The average Bonchev–Trinajstić information content (AvgIpc) is 2.56. The summed E-state index contributed by atoms with van der Waals surface area (Å²) in [7, 11) is 0. The predicted molar refractivity (Wildman–Crippen MR) is 67.7 cm³/mol. The Kier molecular flexibility index (Phi) is 3.15. The van der Waals surface area contributed by atoms with Gasteiger partial charge in [0.25, 0.3) is 0 Å². The van der Waals surface area contributed by atoms with E-state index in [1.807, 2.05) is 6.07 Å². The highest BCUT2D eigenvalue weighted by Gasteiger charge is 2.05. The van der Waals surface area contributed by atoms with E-state index < -0.39 is 0 Å². The van der Waals surface area contributed by atoms with E-state index >= 15 is 0 Å². The van der Waals surface area contributed by atoms with Crippen molar-refractivity contribution < 1.29 is 4.42 Å². The van der Waals surface area contributed by atoms with Crippen LogP contribution in [0.25, 0.3) is 11.0 Å². The molecule has 0 aliphatic rings. The Bertz CT molecular complexity index is 457. The molecule has 0 bridgehead atoms. The fourth-order valence-electron chi connectivity index (χ4n) is 1.68. The predicted octanol–water partition coefficient (Wildman–Crippen LogP) is 4.46. The highest BCUT2D eigenvalue weighted by atomic mass is 79.9. The van der Waals surface area contributed by atoms with Gasteiger partial charge in [-0.3, -0.25) is 0 Å². The summed E-state index contributed by atoms with van der Waals surface area (Å²) in [6.45, 7) is 4.26. The molecule has 0 radical (unpaired) electrons. The first-order valence-corrected chi connectivity index (χ1v) is 6.20. The summed E-state index contributed by atoms with van der Waals surface area (Å²) in [5, 5.41) is 1.22. The number of aryl methyl sites for hydroxylation is 2. The SMILES string of the molecule is Cc1ccc2oc(CCC(C)Br)cc2c1. The Morgan fingerprint density at radius 1 is 1.33 bits per heavy atom. The molecule has 0 N–H and O–H groups in total. The van der Waals surface area contributed by atoms with E-state index in [4.69, 9.17) is 4.42 Å². The third kappa shape index (κ3) is 2.63. The van der Waals surface area contributed by atoms with Crippen molar-refractivity contribution in [3.8, 4) is 0 Å². The van der Waals surface area contributed by atoms with E-state index in [0.717, 1.165) is 24.2 Å². The van der Waals surface area contributed by atoms with Crippen LogP contribution in [-0.2, 0) is 6.42 Å². The zero-order valence-corrected chi connectivity index (χ0v) is 10.7. The fourth-order valence-corrected chi connectivity index (χ4v) is 1.91. The molecule has 0 aliphatic carbocycles. The number of rotatable bonds is 3. The number of fused-ring (bicyclic) bond motifs is 1. The van der Waals surface area contributed by atoms with Crippen LogP contribution < -0.4 is 0 Å². The first kappa shape index (κ1) is 10.7. The number of alkyl halides is 1. The lowest BCUT2D eigenvalue weighted by molar-refractivity contribution is 0.539. The molecule has 0 aliphatic heterocycles. The second-order valence-electron chi connectivity index (χ2n) is 4.07. The quantitative estimate of drug-likeness (QED) is 0.748. The van der Waals surface area contributed by atoms with Crippen LogP contribution in [0.15, 0.2) is 28.7 Å². The first-order chi connectivity index (χ1) is 7.15. The molecule has 0 spiro atoms. The molecule has 0 amide bonds. The van der Waals surface area contributed by atoms with Gasteiger partial charge >= 0.3 is 0 Å². The van der Waals surface area contributed by atoms with Gasteiger partial charge in [0, 0.05) is 16.6 Å². The molecular formula is C13H15BrO. The topological polar surface area (TPSA) is 13.1 Å². The molecule has 1 unspecified atom stereocenters. The van der Waals surface area contributed by atoms with E-state index in [1.165, 1.54) is 10.9 Å². The molecule has 1 aromatic carbocycles. The molecule has 0 saturated carbocycles. The average molecular weight is 267 g/mol. The van der Waals surface area contributed by atoms with Crippen LogP contribution in [0, 0.1) is 6.92 Å². The van der Waals surface area contributed by atoms with Crippen LogP contribution in [0.5, 0.6) is 0 Å². The van der Waals surface area contributed by atoms with Gasteiger partial charge in [0.05, 0.1) is 0 Å². The highest BCUT2D eigenvalue weighted by Crippen LogP contribution is 2.22. The second-order valence-corrected chi connectivity index (χ2v) is 5.64. The van der Waals surface area contributed by atoms with Gasteiger partial charge in [0.1, 0.15) is 11.3 Å². The molecule has 1 atom stereocenters. The van der Waals surface area contributed by atoms with Crippen LogP contribution in [0.4, 0.5) is 0 Å². The van der Waals surface area contributed by atoms with Gasteiger partial charge in [-0.15, -0.1) is 0 Å². The Morgan fingerprint density at radius 2 is 2.13 bits per heavy atom. The van der Waals surface area contributed by atoms with Crippen molar-refractivity contribution in [1.82, 2.24) is 0 Å². The lowest BCUT2D eigenvalue weighted by atomic mass is 10.1. The van der Waals surface area contributed by atoms with Crippen molar-refractivity contribution in [2.45, 2.75) is 31.5 Å². The minimum absolute atomic E-state index is 0.549. The molecule has 1 aromatic heterocycles. The van der Waals surface area contributed by atoms with Gasteiger partial charge in [-0.1, -0.05) is 34.5 Å². The summed E-state index contributed by atoms with van der Waals surface area (Å²) in [5.41, 5.74) is 2.28. The number of hydrogen-bond donors (Lipinski definition) is 0. The minimum atomic E-state index is 0.549. The van der Waals surface area contributed by atoms with Crippen LogP contribution in [0.1, 0.15) is 24.7 Å². The molecule has 0 fully saturated rings. The van der Waals surface area contributed by atoms with Gasteiger partial charge in [0.15, 0.2) is 0 Å². The Balaban J connectivity index is 2.23. The third-order valence-corrected chi connectivity index (χ3v) is 2.97. The van der Waals surface area contributed by atoms with E-state index in [9.17, 15) is 0 Å². The summed E-state index contributed by atoms with van der Waals surface area (Å²) in [4.78, 5) is 0.549. The number of benzene rings is 1. The molecule has 0 saturated heterocycles. The normalized spacial score (nSPS) is 13.3. The van der Waals surface area contributed by atoms with Crippen molar-refractivity contribution >= 4 is 26.9 Å². The summed E-state index contributed by atoms with van der Waals surface area (Å²) in [5.74, 6) is 1.09. The molecule has 15 heavy (non-hydrogen) atoms. The van der Waals surface area contributed by atoms with Crippen LogP contribution >= 0.6 is 15.9 Å². The Morgan fingerprint density at radius 3 is 2.87 bits per heavy atom. The second kappa shape index (κ2) is 4.40. The van der Waals surface area contributed by atoms with Gasteiger partial charge in [0.2, 0.25) is 0 Å². The summed E-state index contributed by atoms with van der Waals surface area (Å²) < 4.78 is 5.75. The summed E-state index contributed by atoms with van der Waals surface area (Å²) in [6, 6.07) is 8.45. The first-order valence-electron chi connectivity index (χ1n) is 5.28. The Hall–Kier alpha value is -0.760. The van der Waals surface area contributed by atoms with Gasteiger partial charge in [-0.2, -0.15) is 0 Å². The van der Waals surface area contributed by atoms with Crippen LogP contribution in [-0.4, -0.2) is 4.83 Å². The van der Waals surface area contributed by atoms with Gasteiger partial charge in [-0.05, 0) is 31.5 Å². The lowest BCUT2D eigenvalue weighted by Crippen LogP contribution is -1.92. The maximum Gasteiger partial charge on any atom is 0.134 e.